The molecule has 0 aromatic carbocycles. The van der Waals surface area contributed by atoms with Crippen LogP contribution >= 0.6 is 0 Å². The summed E-state index contributed by atoms with van der Waals surface area (Å²) in [6.07, 6.45) is 42.7. The molecule has 1 N–H and O–H groups in total. The van der Waals surface area contributed by atoms with Crippen molar-refractivity contribution in [3.8, 4) is 0 Å². The SMILES string of the molecule is CCCCCCCCCCC(=O)OCC(C)(C)CCCCCN(CCCCO)CCCCCCC(C)(C)C(=O)OC(CCCCCCCCC)CCCCCCCCC. The van der Waals surface area contributed by atoms with E-state index >= 15 is 0 Å². The van der Waals surface area contributed by atoms with E-state index in [0.717, 1.165) is 90.3 Å². The van der Waals surface area contributed by atoms with Crippen molar-refractivity contribution in [2.75, 3.05) is 32.8 Å². The first-order valence-electron chi connectivity index (χ1n) is 26.2. The molecule has 0 bridgehead atoms. The average Bonchev–Trinajstić information content (AvgIpc) is 3.21. The molecule has 0 radical (unpaired) electrons. The number of nitrogens with zero attached hydrogens (tertiary/aromatic N) is 1. The zero-order chi connectivity index (χ0) is 43.7. The average molecular weight is 836 g/mol. The molecule has 0 aromatic rings. The third-order valence-electron chi connectivity index (χ3n) is 12.7. The summed E-state index contributed by atoms with van der Waals surface area (Å²) in [7, 11) is 0. The molecule has 0 unspecified atom stereocenters. The fourth-order valence-electron chi connectivity index (χ4n) is 8.31. The van der Waals surface area contributed by atoms with Crippen LogP contribution in [0.2, 0.25) is 0 Å². The topological polar surface area (TPSA) is 76.1 Å². The summed E-state index contributed by atoms with van der Waals surface area (Å²) < 4.78 is 12.0. The molecule has 0 spiro atoms. The van der Waals surface area contributed by atoms with Gasteiger partial charge in [-0.1, -0.05) is 189 Å². The molecule has 0 heterocycles. The van der Waals surface area contributed by atoms with E-state index in [0.29, 0.717) is 13.0 Å². The molecule has 0 atom stereocenters. The maximum Gasteiger partial charge on any atom is 0.311 e. The Morgan fingerprint density at radius 3 is 1.37 bits per heavy atom. The zero-order valence-electron chi connectivity index (χ0n) is 41.1. The molecule has 0 aliphatic heterocycles. The van der Waals surface area contributed by atoms with Crippen molar-refractivity contribution in [2.45, 2.75) is 286 Å². The van der Waals surface area contributed by atoms with Crippen LogP contribution in [0.15, 0.2) is 0 Å². The van der Waals surface area contributed by atoms with Crippen molar-refractivity contribution in [1.82, 2.24) is 4.90 Å². The number of ether oxygens (including phenoxy) is 2. The van der Waals surface area contributed by atoms with E-state index < -0.39 is 5.41 Å². The minimum Gasteiger partial charge on any atom is -0.465 e. The Bertz CT molecular complexity index is 902. The molecule has 59 heavy (non-hydrogen) atoms. The van der Waals surface area contributed by atoms with E-state index in [1.807, 2.05) is 0 Å². The maximum atomic E-state index is 13.5. The highest BCUT2D eigenvalue weighted by atomic mass is 16.5. The van der Waals surface area contributed by atoms with Gasteiger partial charge in [0.15, 0.2) is 0 Å². The van der Waals surface area contributed by atoms with Gasteiger partial charge < -0.3 is 19.5 Å². The Morgan fingerprint density at radius 1 is 0.492 bits per heavy atom. The third-order valence-corrected chi connectivity index (χ3v) is 12.7. The number of rotatable bonds is 46. The molecule has 6 nitrogen and oxygen atoms in total. The minimum absolute atomic E-state index is 0.0157. The van der Waals surface area contributed by atoms with Gasteiger partial charge in [-0.15, -0.1) is 0 Å². The predicted octanol–water partition coefficient (Wildman–Crippen LogP) is 15.9. The normalized spacial score (nSPS) is 12.2. The number of unbranched alkanes of at least 4 members (excludes halogenated alkanes) is 25. The van der Waals surface area contributed by atoms with Gasteiger partial charge in [0.25, 0.3) is 0 Å². The van der Waals surface area contributed by atoms with Crippen molar-refractivity contribution in [3.63, 3.8) is 0 Å². The Balaban J connectivity index is 4.51. The fourth-order valence-corrected chi connectivity index (χ4v) is 8.31. The summed E-state index contributed by atoms with van der Waals surface area (Å²) in [6.45, 7) is 19.5. The molecule has 0 amide bonds. The fraction of sp³-hybridized carbons (Fsp3) is 0.962. The molecule has 0 aromatic heterocycles. The van der Waals surface area contributed by atoms with Gasteiger partial charge >= 0.3 is 11.9 Å². The number of hydrogen-bond acceptors (Lipinski definition) is 6. The monoisotopic (exact) mass is 836 g/mol. The van der Waals surface area contributed by atoms with Crippen LogP contribution in [0.3, 0.4) is 0 Å². The molecular weight excluding hydrogens is 731 g/mol. The highest BCUT2D eigenvalue weighted by Gasteiger charge is 2.31. The van der Waals surface area contributed by atoms with E-state index in [1.165, 1.54) is 154 Å². The zero-order valence-corrected chi connectivity index (χ0v) is 41.1. The lowest BCUT2D eigenvalue weighted by Gasteiger charge is -2.27. The molecule has 352 valence electrons. The quantitative estimate of drug-likeness (QED) is 0.0486. The number of aliphatic hydroxyl groups excluding tert-OH is 1. The van der Waals surface area contributed by atoms with Gasteiger partial charge in [-0.3, -0.25) is 9.59 Å². The second-order valence-corrected chi connectivity index (χ2v) is 20.0. The van der Waals surface area contributed by atoms with E-state index in [-0.39, 0.29) is 30.1 Å². The number of hydrogen-bond donors (Lipinski definition) is 1. The molecule has 0 aliphatic rings. The van der Waals surface area contributed by atoms with Gasteiger partial charge in [0.05, 0.1) is 12.0 Å². The molecule has 0 fully saturated rings. The number of esters is 2. The largest absolute Gasteiger partial charge is 0.465 e. The highest BCUT2D eigenvalue weighted by Crippen LogP contribution is 2.29. The standard InChI is InChI=1S/C53H105NO5/c1-8-11-14-17-20-23-26-32-41-50(56)58-48-52(4,5)42-33-29-36-45-54(46-37-38-47-55)44-35-28-27-34-43-53(6,7)51(57)59-49(39-30-24-21-18-15-12-9-2)40-31-25-22-19-16-13-10-3/h49,55H,8-48H2,1-7H3. The molecule has 0 saturated carbocycles. The van der Waals surface area contributed by atoms with Gasteiger partial charge in [0, 0.05) is 13.0 Å². The van der Waals surface area contributed by atoms with Crippen molar-refractivity contribution in [2.24, 2.45) is 10.8 Å². The van der Waals surface area contributed by atoms with Crippen molar-refractivity contribution in [3.05, 3.63) is 0 Å². The summed E-state index contributed by atoms with van der Waals surface area (Å²) in [5, 5.41) is 9.38. The Kier molecular flexibility index (Phi) is 40.1. The van der Waals surface area contributed by atoms with Crippen LogP contribution in [0.5, 0.6) is 0 Å². The van der Waals surface area contributed by atoms with Crippen LogP contribution in [0, 0.1) is 10.8 Å². The predicted molar refractivity (Wildman–Crippen MR) is 255 cm³/mol. The molecular formula is C53H105NO5. The Hall–Kier alpha value is -1.14. The highest BCUT2D eigenvalue weighted by molar-refractivity contribution is 5.76. The van der Waals surface area contributed by atoms with E-state index in [9.17, 15) is 14.7 Å². The van der Waals surface area contributed by atoms with Gasteiger partial charge in [-0.05, 0) is 110 Å². The van der Waals surface area contributed by atoms with E-state index in [4.69, 9.17) is 9.47 Å². The molecule has 0 rings (SSSR count). The molecule has 0 aliphatic carbocycles. The van der Waals surface area contributed by atoms with E-state index in [1.54, 1.807) is 0 Å². The van der Waals surface area contributed by atoms with Gasteiger partial charge in [-0.25, -0.2) is 0 Å². The van der Waals surface area contributed by atoms with Crippen LogP contribution in [0.1, 0.15) is 280 Å². The van der Waals surface area contributed by atoms with Gasteiger partial charge in [0.2, 0.25) is 0 Å². The number of carbonyl (C=O) groups excluding carboxylic acids is 2. The van der Waals surface area contributed by atoms with Crippen LogP contribution < -0.4 is 0 Å². The van der Waals surface area contributed by atoms with Crippen LogP contribution in [-0.2, 0) is 19.1 Å². The Labute approximate surface area is 369 Å². The lowest BCUT2D eigenvalue weighted by atomic mass is 9.86. The summed E-state index contributed by atoms with van der Waals surface area (Å²) in [5.74, 6) is -0.0115. The summed E-state index contributed by atoms with van der Waals surface area (Å²) in [6, 6.07) is 0. The first kappa shape index (κ1) is 57.9. The molecule has 6 heteroatoms. The summed E-state index contributed by atoms with van der Waals surface area (Å²) in [5.41, 5.74) is -0.415. The van der Waals surface area contributed by atoms with Crippen LogP contribution in [0.4, 0.5) is 0 Å². The minimum atomic E-state index is -0.432. The third kappa shape index (κ3) is 38.3. The van der Waals surface area contributed by atoms with Crippen molar-refractivity contribution >= 4 is 11.9 Å². The lowest BCUT2D eigenvalue weighted by Crippen LogP contribution is -2.31. The van der Waals surface area contributed by atoms with Crippen molar-refractivity contribution < 1.29 is 24.2 Å². The van der Waals surface area contributed by atoms with Crippen LogP contribution in [-0.4, -0.2) is 60.9 Å². The van der Waals surface area contributed by atoms with E-state index in [2.05, 4.69) is 53.4 Å². The summed E-state index contributed by atoms with van der Waals surface area (Å²) in [4.78, 5) is 28.4. The maximum absolute atomic E-state index is 13.5. The smallest absolute Gasteiger partial charge is 0.311 e. The molecule has 0 saturated heterocycles. The summed E-state index contributed by atoms with van der Waals surface area (Å²) >= 11 is 0. The van der Waals surface area contributed by atoms with Crippen LogP contribution in [0.25, 0.3) is 0 Å². The second-order valence-electron chi connectivity index (χ2n) is 20.0. The van der Waals surface area contributed by atoms with Gasteiger partial charge in [-0.2, -0.15) is 0 Å². The number of aliphatic hydroxyl groups is 1. The second kappa shape index (κ2) is 40.9. The number of carbonyl (C=O) groups is 2. The Morgan fingerprint density at radius 2 is 0.881 bits per heavy atom. The first-order valence-corrected chi connectivity index (χ1v) is 26.2. The van der Waals surface area contributed by atoms with Crippen molar-refractivity contribution in [1.29, 1.82) is 0 Å². The first-order chi connectivity index (χ1) is 28.5. The lowest BCUT2D eigenvalue weighted by molar-refractivity contribution is -0.161. The van der Waals surface area contributed by atoms with Gasteiger partial charge in [0.1, 0.15) is 6.10 Å².